The third kappa shape index (κ3) is 6.56. The van der Waals surface area contributed by atoms with Crippen molar-refractivity contribution >= 4 is 5.91 Å². The van der Waals surface area contributed by atoms with E-state index < -0.39 is 0 Å². The first kappa shape index (κ1) is 25.0. The summed E-state index contributed by atoms with van der Waals surface area (Å²) in [6, 6.07) is 35.7. The lowest BCUT2D eigenvalue weighted by Gasteiger charge is -2.09. The fraction of sp³-hybridized carbons (Fsp3) is 0.152. The molecule has 4 aromatic carbocycles. The molecule has 0 aliphatic rings. The summed E-state index contributed by atoms with van der Waals surface area (Å²) >= 11 is 0. The van der Waals surface area contributed by atoms with Crippen LogP contribution in [0.3, 0.4) is 0 Å². The van der Waals surface area contributed by atoms with Crippen LogP contribution in [0.15, 0.2) is 114 Å². The van der Waals surface area contributed by atoms with Gasteiger partial charge < -0.3 is 14.5 Å². The van der Waals surface area contributed by atoms with Crippen molar-refractivity contribution in [3.05, 3.63) is 143 Å². The molecule has 5 aromatic rings. The number of rotatable bonds is 10. The average Bonchev–Trinajstić information content (AvgIpc) is 3.33. The van der Waals surface area contributed by atoms with E-state index in [9.17, 15) is 4.79 Å². The Morgan fingerprint density at radius 3 is 2.26 bits per heavy atom. The largest absolute Gasteiger partial charge is 0.493 e. The monoisotopic (exact) mass is 502 g/mol. The lowest BCUT2D eigenvalue weighted by atomic mass is 10.0. The minimum absolute atomic E-state index is 0.0988. The molecule has 0 unspecified atom stereocenters. The second kappa shape index (κ2) is 12.1. The number of oxazole rings is 1. The van der Waals surface area contributed by atoms with Crippen molar-refractivity contribution in [3.63, 3.8) is 0 Å². The summed E-state index contributed by atoms with van der Waals surface area (Å²) in [5, 5.41) is 3.00. The third-order valence-electron chi connectivity index (χ3n) is 6.34. The number of carbonyl (C=O) groups excluding carboxylic acids is 1. The highest BCUT2D eigenvalue weighted by Crippen LogP contribution is 2.22. The van der Waals surface area contributed by atoms with E-state index in [0.717, 1.165) is 34.8 Å². The number of hydrogen-bond acceptors (Lipinski definition) is 4. The number of nitrogens with zero attached hydrogens (tertiary/aromatic N) is 1. The van der Waals surface area contributed by atoms with Gasteiger partial charge in [0.25, 0.3) is 5.91 Å². The van der Waals surface area contributed by atoms with Gasteiger partial charge in [-0.1, -0.05) is 72.8 Å². The molecule has 1 aromatic heterocycles. The lowest BCUT2D eigenvalue weighted by molar-refractivity contribution is 0.0951. The molecule has 5 heteroatoms. The fourth-order valence-electron chi connectivity index (χ4n) is 4.26. The highest BCUT2D eigenvalue weighted by molar-refractivity contribution is 5.94. The zero-order chi connectivity index (χ0) is 26.2. The van der Waals surface area contributed by atoms with Gasteiger partial charge in [-0.2, -0.15) is 0 Å². The quantitative estimate of drug-likeness (QED) is 0.228. The van der Waals surface area contributed by atoms with Gasteiger partial charge in [-0.3, -0.25) is 4.79 Å². The maximum atomic E-state index is 12.7. The van der Waals surface area contributed by atoms with E-state index in [2.05, 4.69) is 22.4 Å². The Morgan fingerprint density at radius 1 is 0.816 bits per heavy atom. The van der Waals surface area contributed by atoms with Gasteiger partial charge >= 0.3 is 0 Å². The van der Waals surface area contributed by atoms with Crippen molar-refractivity contribution in [3.8, 4) is 17.2 Å². The summed E-state index contributed by atoms with van der Waals surface area (Å²) in [5.74, 6) is 2.09. The minimum atomic E-state index is -0.0988. The van der Waals surface area contributed by atoms with Crippen molar-refractivity contribution < 1.29 is 13.9 Å². The first-order valence-corrected chi connectivity index (χ1v) is 12.8. The average molecular weight is 503 g/mol. The van der Waals surface area contributed by atoms with Gasteiger partial charge in [-0.25, -0.2) is 4.98 Å². The molecular weight excluding hydrogens is 472 g/mol. The van der Waals surface area contributed by atoms with Crippen LogP contribution in [-0.2, 0) is 19.4 Å². The van der Waals surface area contributed by atoms with E-state index in [4.69, 9.17) is 9.15 Å². The van der Waals surface area contributed by atoms with Crippen molar-refractivity contribution in [2.24, 2.45) is 0 Å². The van der Waals surface area contributed by atoms with Crippen LogP contribution in [0.5, 0.6) is 5.75 Å². The van der Waals surface area contributed by atoms with Gasteiger partial charge in [0.05, 0.1) is 12.3 Å². The first-order valence-electron chi connectivity index (χ1n) is 12.8. The number of ether oxygens (including phenoxy) is 1. The summed E-state index contributed by atoms with van der Waals surface area (Å²) in [5.41, 5.74) is 5.89. The summed E-state index contributed by atoms with van der Waals surface area (Å²) < 4.78 is 11.8. The molecule has 0 atom stereocenters. The molecule has 190 valence electrons. The smallest absolute Gasteiger partial charge is 0.251 e. The maximum absolute atomic E-state index is 12.7. The SMILES string of the molecule is Cc1oc(-c2ccccc2)nc1CCOc1cccc(CNC(=O)c2ccc(Cc3ccccc3)cc2)c1. The highest BCUT2D eigenvalue weighted by atomic mass is 16.5. The van der Waals surface area contributed by atoms with Gasteiger partial charge in [-0.15, -0.1) is 0 Å². The molecule has 0 spiro atoms. The standard InChI is InChI=1S/C33H30N2O3/c1-24-31(35-33(38-24)29-12-6-3-7-13-29)19-20-37-30-14-8-11-27(22-30)23-34-32(36)28-17-15-26(16-18-28)21-25-9-4-2-5-10-25/h2-18,22H,19-21,23H2,1H3,(H,34,36). The summed E-state index contributed by atoms with van der Waals surface area (Å²) in [6.07, 6.45) is 1.49. The Kier molecular flexibility index (Phi) is 7.95. The highest BCUT2D eigenvalue weighted by Gasteiger charge is 2.11. The molecule has 0 aliphatic heterocycles. The van der Waals surface area contributed by atoms with Crippen LogP contribution in [0.4, 0.5) is 0 Å². The van der Waals surface area contributed by atoms with Crippen LogP contribution < -0.4 is 10.1 Å². The number of nitrogens with one attached hydrogen (secondary N) is 1. The molecule has 0 bridgehead atoms. The molecule has 5 rings (SSSR count). The molecule has 1 amide bonds. The van der Waals surface area contributed by atoms with Crippen LogP contribution in [0.2, 0.25) is 0 Å². The summed E-state index contributed by atoms with van der Waals surface area (Å²) in [4.78, 5) is 17.3. The van der Waals surface area contributed by atoms with E-state index in [1.165, 1.54) is 11.1 Å². The molecule has 0 fully saturated rings. The maximum Gasteiger partial charge on any atom is 0.251 e. The molecule has 0 saturated carbocycles. The van der Waals surface area contributed by atoms with Gasteiger partial charge in [-0.05, 0) is 66.4 Å². The summed E-state index contributed by atoms with van der Waals surface area (Å²) in [6.45, 7) is 2.83. The van der Waals surface area contributed by atoms with Crippen LogP contribution in [-0.4, -0.2) is 17.5 Å². The van der Waals surface area contributed by atoms with Crippen LogP contribution in [0.25, 0.3) is 11.5 Å². The van der Waals surface area contributed by atoms with Crippen molar-refractivity contribution in [1.29, 1.82) is 0 Å². The van der Waals surface area contributed by atoms with Crippen molar-refractivity contribution in [2.75, 3.05) is 6.61 Å². The molecule has 0 saturated heterocycles. The molecular formula is C33H30N2O3. The normalized spacial score (nSPS) is 10.8. The molecule has 38 heavy (non-hydrogen) atoms. The van der Waals surface area contributed by atoms with Gasteiger partial charge in [0.15, 0.2) is 0 Å². The Hall–Kier alpha value is -4.64. The number of benzene rings is 4. The summed E-state index contributed by atoms with van der Waals surface area (Å²) in [7, 11) is 0. The van der Waals surface area contributed by atoms with E-state index in [1.54, 1.807) is 0 Å². The van der Waals surface area contributed by atoms with Gasteiger partial charge in [0.1, 0.15) is 11.5 Å². The molecule has 1 heterocycles. The van der Waals surface area contributed by atoms with Crippen molar-refractivity contribution in [2.45, 2.75) is 26.3 Å². The van der Waals surface area contributed by atoms with E-state index >= 15 is 0 Å². The van der Waals surface area contributed by atoms with Crippen LogP contribution in [0.1, 0.15) is 38.5 Å². The van der Waals surface area contributed by atoms with Crippen LogP contribution in [0, 0.1) is 6.92 Å². The Bertz CT molecular complexity index is 1480. The molecule has 0 aliphatic carbocycles. The first-order chi connectivity index (χ1) is 18.6. The predicted molar refractivity (Wildman–Crippen MR) is 149 cm³/mol. The minimum Gasteiger partial charge on any atom is -0.493 e. The van der Waals surface area contributed by atoms with Gasteiger partial charge in [0.2, 0.25) is 5.89 Å². The Labute approximate surface area is 223 Å². The third-order valence-corrected chi connectivity index (χ3v) is 6.34. The number of aryl methyl sites for hydroxylation is 1. The number of amides is 1. The number of hydrogen-bond donors (Lipinski definition) is 1. The second-order valence-electron chi connectivity index (χ2n) is 9.18. The molecule has 0 radical (unpaired) electrons. The van der Waals surface area contributed by atoms with E-state index in [-0.39, 0.29) is 5.91 Å². The zero-order valence-corrected chi connectivity index (χ0v) is 21.4. The Morgan fingerprint density at radius 2 is 1.50 bits per heavy atom. The second-order valence-corrected chi connectivity index (χ2v) is 9.18. The number of aromatic nitrogens is 1. The molecule has 1 N–H and O–H groups in total. The zero-order valence-electron chi connectivity index (χ0n) is 21.4. The fourth-order valence-corrected chi connectivity index (χ4v) is 4.26. The van der Waals surface area contributed by atoms with E-state index in [1.807, 2.05) is 104 Å². The van der Waals surface area contributed by atoms with Crippen molar-refractivity contribution in [1.82, 2.24) is 10.3 Å². The molecule has 5 nitrogen and oxygen atoms in total. The topological polar surface area (TPSA) is 64.4 Å². The number of carbonyl (C=O) groups is 1. The Balaban J connectivity index is 1.11. The lowest BCUT2D eigenvalue weighted by Crippen LogP contribution is -2.22. The predicted octanol–water partition coefficient (Wildman–Crippen LogP) is 6.79. The van der Waals surface area contributed by atoms with Gasteiger partial charge in [0, 0.05) is 24.1 Å². The van der Waals surface area contributed by atoms with Crippen LogP contribution >= 0.6 is 0 Å². The van der Waals surface area contributed by atoms with E-state index in [0.29, 0.717) is 31.0 Å².